The van der Waals surface area contributed by atoms with Crippen LogP contribution in [0.2, 0.25) is 5.02 Å². The van der Waals surface area contributed by atoms with Crippen LogP contribution in [-0.4, -0.2) is 47.0 Å². The molecule has 1 aliphatic rings. The summed E-state index contributed by atoms with van der Waals surface area (Å²) in [6, 6.07) is 6.97. The third-order valence-electron chi connectivity index (χ3n) is 4.59. The maximum Gasteiger partial charge on any atom is 0.251 e. The minimum Gasteiger partial charge on any atom is -0.351 e. The summed E-state index contributed by atoms with van der Waals surface area (Å²) < 4.78 is 0. The highest BCUT2D eigenvalue weighted by Gasteiger charge is 2.19. The molecule has 0 aliphatic carbocycles. The van der Waals surface area contributed by atoms with Gasteiger partial charge < -0.3 is 15.2 Å². The topological polar surface area (TPSA) is 61.0 Å². The number of hydrogen-bond acceptors (Lipinski definition) is 3. The summed E-state index contributed by atoms with van der Waals surface area (Å²) in [5.74, 6) is 0.686. The zero-order valence-electron chi connectivity index (χ0n) is 13.7. The van der Waals surface area contributed by atoms with E-state index in [1.807, 2.05) is 6.20 Å². The maximum absolute atomic E-state index is 12.0. The van der Waals surface area contributed by atoms with E-state index >= 15 is 0 Å². The average Bonchev–Trinajstić information content (AvgIpc) is 3.10. The number of nitrogens with one attached hydrogen (secondary N) is 2. The molecule has 1 fully saturated rings. The van der Waals surface area contributed by atoms with Gasteiger partial charge in [-0.2, -0.15) is 0 Å². The van der Waals surface area contributed by atoms with Crippen LogP contribution in [0.15, 0.2) is 36.8 Å². The van der Waals surface area contributed by atoms with Gasteiger partial charge in [0.1, 0.15) is 0 Å². The van der Waals surface area contributed by atoms with Crippen molar-refractivity contribution < 1.29 is 4.79 Å². The minimum absolute atomic E-state index is 0.0409. The van der Waals surface area contributed by atoms with Crippen LogP contribution in [0, 0.1) is 5.92 Å². The zero-order valence-corrected chi connectivity index (χ0v) is 14.4. The average molecular weight is 347 g/mol. The van der Waals surface area contributed by atoms with Crippen LogP contribution in [0.25, 0.3) is 0 Å². The minimum atomic E-state index is -0.0409. The van der Waals surface area contributed by atoms with E-state index in [-0.39, 0.29) is 5.91 Å². The second kappa shape index (κ2) is 8.31. The number of halogens is 1. The van der Waals surface area contributed by atoms with Crippen molar-refractivity contribution in [3.8, 4) is 0 Å². The molecule has 5 nitrogen and oxygen atoms in total. The molecule has 1 aliphatic heterocycles. The third kappa shape index (κ3) is 4.82. The van der Waals surface area contributed by atoms with Gasteiger partial charge in [0.15, 0.2) is 0 Å². The van der Waals surface area contributed by atoms with Gasteiger partial charge >= 0.3 is 0 Å². The zero-order chi connectivity index (χ0) is 16.8. The van der Waals surface area contributed by atoms with E-state index in [2.05, 4.69) is 20.2 Å². The van der Waals surface area contributed by atoms with Crippen molar-refractivity contribution in [2.45, 2.75) is 19.3 Å². The summed E-state index contributed by atoms with van der Waals surface area (Å²) in [6.07, 6.45) is 7.14. The van der Waals surface area contributed by atoms with Crippen molar-refractivity contribution in [2.75, 3.05) is 26.2 Å². The second-order valence-corrected chi connectivity index (χ2v) is 6.77. The molecular weight excluding hydrogens is 324 g/mol. The fraction of sp³-hybridized carbons (Fsp3) is 0.444. The molecule has 2 N–H and O–H groups in total. The van der Waals surface area contributed by atoms with Crippen LogP contribution in [0.1, 0.15) is 28.9 Å². The molecule has 0 bridgehead atoms. The van der Waals surface area contributed by atoms with Gasteiger partial charge in [0, 0.05) is 35.6 Å². The van der Waals surface area contributed by atoms with E-state index in [4.69, 9.17) is 11.6 Å². The lowest BCUT2D eigenvalue weighted by atomic mass is 9.92. The summed E-state index contributed by atoms with van der Waals surface area (Å²) in [7, 11) is 0. The Bertz CT molecular complexity index is 634. The Morgan fingerprint density at radius 2 is 2.04 bits per heavy atom. The van der Waals surface area contributed by atoms with Crippen molar-refractivity contribution in [3.63, 3.8) is 0 Å². The van der Waals surface area contributed by atoms with E-state index in [1.54, 1.807) is 30.6 Å². The Balaban J connectivity index is 1.34. The Hall–Kier alpha value is -1.85. The summed E-state index contributed by atoms with van der Waals surface area (Å²) in [6.45, 7) is 3.76. The van der Waals surface area contributed by atoms with Crippen molar-refractivity contribution in [1.29, 1.82) is 0 Å². The van der Waals surface area contributed by atoms with Crippen LogP contribution in [0.3, 0.4) is 0 Å². The smallest absolute Gasteiger partial charge is 0.251 e. The summed E-state index contributed by atoms with van der Waals surface area (Å²) in [5.41, 5.74) is 1.88. The lowest BCUT2D eigenvalue weighted by molar-refractivity contribution is 0.0944. The SMILES string of the molecule is O=C(NCCN1CCC(Cc2cnc[nH]2)CC1)c1ccc(Cl)cc1. The Morgan fingerprint density at radius 3 is 2.71 bits per heavy atom. The Kier molecular flexibility index (Phi) is 5.88. The molecule has 0 unspecified atom stereocenters. The van der Waals surface area contributed by atoms with Gasteiger partial charge in [-0.1, -0.05) is 11.6 Å². The molecule has 6 heteroatoms. The molecule has 1 amide bonds. The largest absolute Gasteiger partial charge is 0.351 e. The first kappa shape index (κ1) is 17.0. The molecule has 24 heavy (non-hydrogen) atoms. The standard InChI is InChI=1S/C18H23ClN4O/c19-16-3-1-15(2-4-16)18(24)21-7-10-23-8-5-14(6-9-23)11-17-12-20-13-22-17/h1-4,12-14H,5-11H2,(H,20,22)(H,21,24). The highest BCUT2D eigenvalue weighted by atomic mass is 35.5. The predicted molar refractivity (Wildman–Crippen MR) is 95.2 cm³/mol. The molecule has 0 atom stereocenters. The number of piperidine rings is 1. The molecule has 3 rings (SSSR count). The predicted octanol–water partition coefficient (Wildman–Crippen LogP) is 2.75. The van der Waals surface area contributed by atoms with E-state index in [0.717, 1.165) is 32.0 Å². The van der Waals surface area contributed by atoms with Crippen LogP contribution in [0.5, 0.6) is 0 Å². The lowest BCUT2D eigenvalue weighted by Gasteiger charge is -2.31. The second-order valence-electron chi connectivity index (χ2n) is 6.33. The molecule has 0 saturated carbocycles. The number of carbonyl (C=O) groups excluding carboxylic acids is 1. The molecule has 1 aromatic carbocycles. The number of hydrogen-bond donors (Lipinski definition) is 2. The molecule has 2 aromatic rings. The molecular formula is C18H23ClN4O. The van der Waals surface area contributed by atoms with Gasteiger partial charge in [-0.25, -0.2) is 4.98 Å². The van der Waals surface area contributed by atoms with E-state index in [9.17, 15) is 4.79 Å². The molecule has 0 spiro atoms. The fourth-order valence-corrected chi connectivity index (χ4v) is 3.28. The van der Waals surface area contributed by atoms with Crippen LogP contribution < -0.4 is 5.32 Å². The number of benzene rings is 1. The number of amides is 1. The molecule has 1 aromatic heterocycles. The van der Waals surface area contributed by atoms with Crippen molar-refractivity contribution in [2.24, 2.45) is 5.92 Å². The summed E-state index contributed by atoms with van der Waals surface area (Å²) in [5, 5.41) is 3.62. The number of nitrogens with zero attached hydrogens (tertiary/aromatic N) is 2. The molecule has 0 radical (unpaired) electrons. The van der Waals surface area contributed by atoms with Crippen molar-refractivity contribution in [1.82, 2.24) is 20.2 Å². The van der Waals surface area contributed by atoms with Gasteiger partial charge in [-0.05, 0) is 62.5 Å². The molecule has 1 saturated heterocycles. The normalized spacial score (nSPS) is 16.2. The monoisotopic (exact) mass is 346 g/mol. The Morgan fingerprint density at radius 1 is 1.29 bits per heavy atom. The highest BCUT2D eigenvalue weighted by Crippen LogP contribution is 2.20. The number of likely N-dealkylation sites (tertiary alicyclic amines) is 1. The van der Waals surface area contributed by atoms with E-state index in [1.165, 1.54) is 18.5 Å². The number of carbonyl (C=O) groups is 1. The van der Waals surface area contributed by atoms with Crippen LogP contribution in [0.4, 0.5) is 0 Å². The van der Waals surface area contributed by atoms with E-state index < -0.39 is 0 Å². The number of imidazole rings is 1. The molecule has 2 heterocycles. The lowest BCUT2D eigenvalue weighted by Crippen LogP contribution is -2.40. The van der Waals surface area contributed by atoms with Crippen LogP contribution in [-0.2, 0) is 6.42 Å². The van der Waals surface area contributed by atoms with Crippen molar-refractivity contribution in [3.05, 3.63) is 53.1 Å². The van der Waals surface area contributed by atoms with Gasteiger partial charge in [-0.3, -0.25) is 4.79 Å². The summed E-state index contributed by atoms with van der Waals surface area (Å²) >= 11 is 5.83. The number of H-pyrrole nitrogens is 1. The Labute approximate surface area is 147 Å². The van der Waals surface area contributed by atoms with Crippen molar-refractivity contribution >= 4 is 17.5 Å². The number of aromatic nitrogens is 2. The number of rotatable bonds is 6. The van der Waals surface area contributed by atoms with Gasteiger partial charge in [0.2, 0.25) is 0 Å². The third-order valence-corrected chi connectivity index (χ3v) is 4.84. The van der Waals surface area contributed by atoms with Gasteiger partial charge in [0.05, 0.1) is 6.33 Å². The fourth-order valence-electron chi connectivity index (χ4n) is 3.15. The van der Waals surface area contributed by atoms with Gasteiger partial charge in [0.25, 0.3) is 5.91 Å². The van der Waals surface area contributed by atoms with Crippen LogP contribution >= 0.6 is 11.6 Å². The maximum atomic E-state index is 12.0. The summed E-state index contributed by atoms with van der Waals surface area (Å²) in [4.78, 5) is 21.7. The number of aromatic amines is 1. The highest BCUT2D eigenvalue weighted by molar-refractivity contribution is 6.30. The van der Waals surface area contributed by atoms with E-state index in [0.29, 0.717) is 17.1 Å². The van der Waals surface area contributed by atoms with Gasteiger partial charge in [-0.15, -0.1) is 0 Å². The first-order valence-corrected chi connectivity index (χ1v) is 8.82. The first-order valence-electron chi connectivity index (χ1n) is 8.44. The first-order chi connectivity index (χ1) is 11.7. The quantitative estimate of drug-likeness (QED) is 0.845. The molecule has 128 valence electrons.